The summed E-state index contributed by atoms with van der Waals surface area (Å²) in [4.78, 5) is 2.15. The molecule has 0 saturated heterocycles. The van der Waals surface area contributed by atoms with Crippen molar-refractivity contribution in [3.05, 3.63) is 29.6 Å². The third kappa shape index (κ3) is 4.48. The highest BCUT2D eigenvalue weighted by atomic mass is 19.1. The van der Waals surface area contributed by atoms with Crippen LogP contribution in [0.3, 0.4) is 0 Å². The molecule has 1 aromatic rings. The first kappa shape index (κ1) is 17.0. The topological polar surface area (TPSA) is 15.3 Å². The molecule has 0 heterocycles. The number of rotatable bonds is 8. The summed E-state index contributed by atoms with van der Waals surface area (Å²) in [6.45, 7) is 13.3. The van der Waals surface area contributed by atoms with E-state index in [2.05, 4.69) is 44.8 Å². The molecule has 1 unspecified atom stereocenters. The normalized spacial score (nSPS) is 12.8. The van der Waals surface area contributed by atoms with Gasteiger partial charge in [-0.15, -0.1) is 0 Å². The smallest absolute Gasteiger partial charge is 0.146 e. The molecule has 0 aliphatic heterocycles. The molecule has 0 aromatic heterocycles. The highest BCUT2D eigenvalue weighted by molar-refractivity contribution is 5.56. The van der Waals surface area contributed by atoms with Crippen LogP contribution in [-0.4, -0.2) is 19.6 Å². The van der Waals surface area contributed by atoms with Crippen molar-refractivity contribution in [2.75, 3.05) is 24.5 Å². The average molecular weight is 280 g/mol. The van der Waals surface area contributed by atoms with Gasteiger partial charge >= 0.3 is 0 Å². The molecule has 0 aliphatic rings. The van der Waals surface area contributed by atoms with Crippen LogP contribution in [0.25, 0.3) is 0 Å². The van der Waals surface area contributed by atoms with Crippen molar-refractivity contribution in [3.8, 4) is 0 Å². The number of para-hydroxylation sites is 1. The van der Waals surface area contributed by atoms with Crippen LogP contribution in [0.5, 0.6) is 0 Å². The summed E-state index contributed by atoms with van der Waals surface area (Å²) in [6, 6.07) is 5.58. The minimum absolute atomic E-state index is 0.116. The molecule has 0 bridgehead atoms. The monoisotopic (exact) mass is 280 g/mol. The predicted molar refractivity (Wildman–Crippen MR) is 85.8 cm³/mol. The van der Waals surface area contributed by atoms with Crippen LogP contribution < -0.4 is 10.2 Å². The van der Waals surface area contributed by atoms with Crippen molar-refractivity contribution in [1.29, 1.82) is 0 Å². The fourth-order valence-electron chi connectivity index (χ4n) is 2.51. The van der Waals surface area contributed by atoms with Gasteiger partial charge in [-0.3, -0.25) is 0 Å². The molecule has 1 N–H and O–H groups in total. The van der Waals surface area contributed by atoms with Crippen molar-refractivity contribution in [2.45, 2.75) is 47.1 Å². The summed E-state index contributed by atoms with van der Waals surface area (Å²) in [5, 5.41) is 3.46. The van der Waals surface area contributed by atoms with Crippen molar-refractivity contribution < 1.29 is 4.39 Å². The van der Waals surface area contributed by atoms with Gasteiger partial charge in [-0.05, 0) is 44.4 Å². The first-order valence-corrected chi connectivity index (χ1v) is 7.77. The number of anilines is 1. The summed E-state index contributed by atoms with van der Waals surface area (Å²) in [5.41, 5.74) is 1.82. The standard InChI is InChI=1S/C17H29FN2/c1-6-11-19-14(5)15-9-8-10-16(18)17(15)20(7-2)12-13(3)4/h8-10,13-14,19H,6-7,11-12H2,1-5H3. The summed E-state index contributed by atoms with van der Waals surface area (Å²) in [5.74, 6) is 0.400. The van der Waals surface area contributed by atoms with Gasteiger partial charge in [0, 0.05) is 19.1 Å². The molecule has 1 atom stereocenters. The van der Waals surface area contributed by atoms with E-state index in [1.165, 1.54) is 0 Å². The van der Waals surface area contributed by atoms with Crippen molar-refractivity contribution in [3.63, 3.8) is 0 Å². The van der Waals surface area contributed by atoms with E-state index in [1.807, 2.05) is 12.1 Å². The molecular weight excluding hydrogens is 251 g/mol. The molecule has 0 saturated carbocycles. The number of nitrogens with zero attached hydrogens (tertiary/aromatic N) is 1. The molecule has 0 spiro atoms. The lowest BCUT2D eigenvalue weighted by Crippen LogP contribution is -2.31. The maximum Gasteiger partial charge on any atom is 0.146 e. The van der Waals surface area contributed by atoms with E-state index in [4.69, 9.17) is 0 Å². The Labute approximate surface area is 123 Å². The molecular formula is C17H29FN2. The van der Waals surface area contributed by atoms with E-state index in [-0.39, 0.29) is 11.9 Å². The van der Waals surface area contributed by atoms with E-state index >= 15 is 0 Å². The summed E-state index contributed by atoms with van der Waals surface area (Å²) in [7, 11) is 0. The largest absolute Gasteiger partial charge is 0.369 e. The molecule has 0 radical (unpaired) electrons. The van der Waals surface area contributed by atoms with Gasteiger partial charge in [0.2, 0.25) is 0 Å². The average Bonchev–Trinajstić information content (AvgIpc) is 2.42. The van der Waals surface area contributed by atoms with Gasteiger partial charge < -0.3 is 10.2 Å². The molecule has 114 valence electrons. The SMILES string of the molecule is CCCNC(C)c1cccc(F)c1N(CC)CC(C)C. The van der Waals surface area contributed by atoms with E-state index in [0.717, 1.165) is 37.3 Å². The second kappa shape index (κ2) is 8.25. The van der Waals surface area contributed by atoms with E-state index in [9.17, 15) is 4.39 Å². The Morgan fingerprint density at radius 3 is 2.45 bits per heavy atom. The van der Waals surface area contributed by atoms with Gasteiger partial charge in [0.15, 0.2) is 0 Å². The molecule has 3 heteroatoms. The summed E-state index contributed by atoms with van der Waals surface area (Å²) >= 11 is 0. The van der Waals surface area contributed by atoms with Crippen LogP contribution in [0.15, 0.2) is 18.2 Å². The first-order chi connectivity index (χ1) is 9.51. The highest BCUT2D eigenvalue weighted by Crippen LogP contribution is 2.30. The lowest BCUT2D eigenvalue weighted by Gasteiger charge is -2.30. The fraction of sp³-hybridized carbons (Fsp3) is 0.647. The number of halogens is 1. The molecule has 0 fully saturated rings. The van der Waals surface area contributed by atoms with Gasteiger partial charge in [0.05, 0.1) is 5.69 Å². The van der Waals surface area contributed by atoms with Gasteiger partial charge in [-0.1, -0.05) is 32.9 Å². The van der Waals surface area contributed by atoms with Crippen LogP contribution in [0.1, 0.15) is 52.6 Å². The zero-order chi connectivity index (χ0) is 15.1. The second-order valence-corrected chi connectivity index (χ2v) is 5.79. The van der Waals surface area contributed by atoms with Crippen molar-refractivity contribution in [1.82, 2.24) is 5.32 Å². The zero-order valence-corrected chi connectivity index (χ0v) is 13.5. The molecule has 1 rings (SSSR count). The summed E-state index contributed by atoms with van der Waals surface area (Å²) < 4.78 is 14.4. The van der Waals surface area contributed by atoms with Crippen LogP contribution in [-0.2, 0) is 0 Å². The Kier molecular flexibility index (Phi) is 7.00. The van der Waals surface area contributed by atoms with Crippen LogP contribution in [0.4, 0.5) is 10.1 Å². The van der Waals surface area contributed by atoms with Gasteiger partial charge in [-0.25, -0.2) is 4.39 Å². The Bertz CT molecular complexity index is 404. The maximum absolute atomic E-state index is 14.4. The van der Waals surface area contributed by atoms with Gasteiger partial charge in [-0.2, -0.15) is 0 Å². The number of benzene rings is 1. The first-order valence-electron chi connectivity index (χ1n) is 7.77. The van der Waals surface area contributed by atoms with Crippen molar-refractivity contribution >= 4 is 5.69 Å². The number of nitrogens with one attached hydrogen (secondary N) is 1. The third-order valence-corrected chi connectivity index (χ3v) is 3.47. The zero-order valence-electron chi connectivity index (χ0n) is 13.5. The molecule has 20 heavy (non-hydrogen) atoms. The van der Waals surface area contributed by atoms with Crippen LogP contribution in [0, 0.1) is 11.7 Å². The second-order valence-electron chi connectivity index (χ2n) is 5.79. The highest BCUT2D eigenvalue weighted by Gasteiger charge is 2.19. The Morgan fingerprint density at radius 1 is 1.20 bits per heavy atom. The quantitative estimate of drug-likeness (QED) is 0.760. The van der Waals surface area contributed by atoms with E-state index in [0.29, 0.717) is 5.92 Å². The molecule has 0 aliphatic carbocycles. The maximum atomic E-state index is 14.4. The minimum Gasteiger partial charge on any atom is -0.369 e. The van der Waals surface area contributed by atoms with Gasteiger partial charge in [0.1, 0.15) is 5.82 Å². The van der Waals surface area contributed by atoms with E-state index < -0.39 is 0 Å². The molecule has 0 amide bonds. The number of hydrogen-bond acceptors (Lipinski definition) is 2. The summed E-state index contributed by atoms with van der Waals surface area (Å²) in [6.07, 6.45) is 1.08. The fourth-order valence-corrected chi connectivity index (χ4v) is 2.51. The predicted octanol–water partition coefficient (Wildman–Crippen LogP) is 4.37. The van der Waals surface area contributed by atoms with E-state index in [1.54, 1.807) is 6.07 Å². The Hall–Kier alpha value is -1.09. The van der Waals surface area contributed by atoms with Crippen LogP contribution in [0.2, 0.25) is 0 Å². The third-order valence-electron chi connectivity index (χ3n) is 3.47. The minimum atomic E-state index is -0.116. The Balaban J connectivity index is 3.08. The number of hydrogen-bond donors (Lipinski definition) is 1. The van der Waals surface area contributed by atoms with Crippen molar-refractivity contribution in [2.24, 2.45) is 5.92 Å². The lowest BCUT2D eigenvalue weighted by atomic mass is 10.0. The molecule has 1 aromatic carbocycles. The Morgan fingerprint density at radius 2 is 1.90 bits per heavy atom. The molecule has 2 nitrogen and oxygen atoms in total. The van der Waals surface area contributed by atoms with Gasteiger partial charge in [0.25, 0.3) is 0 Å². The lowest BCUT2D eigenvalue weighted by molar-refractivity contribution is 0.549. The van der Waals surface area contributed by atoms with Crippen LogP contribution >= 0.6 is 0 Å².